The zero-order valence-corrected chi connectivity index (χ0v) is 42.6. The molecule has 10 unspecified atom stereocenters. The second-order valence-corrected chi connectivity index (χ2v) is 23.2. The highest BCUT2D eigenvalue weighted by Gasteiger charge is 3.01. The van der Waals surface area contributed by atoms with E-state index in [1.807, 2.05) is 32.9 Å². The first-order valence-corrected chi connectivity index (χ1v) is 27.1. The van der Waals surface area contributed by atoms with Gasteiger partial charge in [-0.25, -0.2) is 19.4 Å². The van der Waals surface area contributed by atoms with Crippen LogP contribution in [-0.2, 0) is 77.5 Å². The maximum absolute atomic E-state index is 14.6. The fourth-order valence-electron chi connectivity index (χ4n) is 16.0. The van der Waals surface area contributed by atoms with E-state index in [9.17, 15) is 28.8 Å². The molecule has 74 heavy (non-hydrogen) atoms. The Kier molecular flexibility index (Phi) is 10.1. The molecule has 18 heteroatoms. The number of hydrogen-bond donors (Lipinski definition) is 0. The Hall–Kier alpha value is -5.69. The summed E-state index contributed by atoms with van der Waals surface area (Å²) in [5.74, 6) is -2.75. The van der Waals surface area contributed by atoms with Crippen LogP contribution >= 0.6 is 0 Å². The number of cyclic esters (lactones) is 2. The van der Waals surface area contributed by atoms with Gasteiger partial charge in [-0.05, 0) is 118 Å². The molecule has 5 saturated heterocycles. The average Bonchev–Trinajstić information content (AvgIpc) is 4.51. The number of benzene rings is 1. The first kappa shape index (κ1) is 46.8. The van der Waals surface area contributed by atoms with Crippen LogP contribution in [0.1, 0.15) is 121 Å². The minimum Gasteiger partial charge on any atom is -0.458 e. The molecule has 1 aromatic carbocycles. The standard InChI is InChI=1S/C56H62N4O14/c1-6-31-33-21-30(69-51(66)59-19-14-29(15-20-59)58-17-9-8-10-18-58)11-12-39(33)57-44-34(31)25-60-40(44)22-38-36(47(60)63)27-68-50(65)53(38,7-2)72-43(62)24-42(61)70-49-54(28(3)4)45(73-54)46-56(74-46)52(5)16-13-32-35(26-67-48(32)64)37(52)23-41-55(49,56)71-41/h11-12,21-22,28-29,37,41,45-46,49H,6-10,13-20,23-27H2,1-5H3. The van der Waals surface area contributed by atoms with Crippen molar-refractivity contribution in [3.05, 3.63) is 68.0 Å². The molecule has 2 saturated carbocycles. The molecule has 1 amide bonds. The Balaban J connectivity index is 0.716. The molecule has 8 aliphatic heterocycles. The molecule has 11 aliphatic rings. The summed E-state index contributed by atoms with van der Waals surface area (Å²) in [6.45, 7) is 13.6. The topological polar surface area (TPSA) is 210 Å². The van der Waals surface area contributed by atoms with Gasteiger partial charge in [-0.3, -0.25) is 14.4 Å². The number of carbonyl (C=O) groups excluding carboxylic acids is 5. The van der Waals surface area contributed by atoms with E-state index < -0.39 is 63.8 Å². The lowest BCUT2D eigenvalue weighted by atomic mass is 9.46. The van der Waals surface area contributed by atoms with Gasteiger partial charge in [0, 0.05) is 46.6 Å². The maximum atomic E-state index is 14.6. The molecule has 14 rings (SSSR count). The third kappa shape index (κ3) is 6.04. The Morgan fingerprint density at radius 3 is 2.46 bits per heavy atom. The van der Waals surface area contributed by atoms with Crippen LogP contribution in [0.15, 0.2) is 40.2 Å². The van der Waals surface area contributed by atoms with Crippen molar-refractivity contribution in [1.82, 2.24) is 19.4 Å². The van der Waals surface area contributed by atoms with Crippen molar-refractivity contribution in [2.24, 2.45) is 17.3 Å². The predicted octanol–water partition coefficient (Wildman–Crippen LogP) is 5.70. The smallest absolute Gasteiger partial charge is 0.415 e. The van der Waals surface area contributed by atoms with Crippen molar-refractivity contribution < 1.29 is 61.9 Å². The van der Waals surface area contributed by atoms with Gasteiger partial charge in [-0.1, -0.05) is 41.0 Å². The minimum absolute atomic E-state index is 0.0245. The van der Waals surface area contributed by atoms with Gasteiger partial charge in [0.2, 0.25) is 5.60 Å². The molecule has 3 aromatic rings. The number of likely N-dealkylation sites (tertiary alicyclic amines) is 2. The number of rotatable bonds is 9. The Morgan fingerprint density at radius 2 is 1.70 bits per heavy atom. The molecular weight excluding hydrogens is 953 g/mol. The van der Waals surface area contributed by atoms with Crippen molar-refractivity contribution in [2.45, 2.75) is 171 Å². The van der Waals surface area contributed by atoms with E-state index in [-0.39, 0.29) is 79.5 Å². The number of epoxide rings is 3. The zero-order valence-electron chi connectivity index (χ0n) is 42.6. The number of nitrogens with zero attached hydrogens (tertiary/aromatic N) is 4. The summed E-state index contributed by atoms with van der Waals surface area (Å²) < 4.78 is 51.5. The van der Waals surface area contributed by atoms with E-state index in [0.717, 1.165) is 53.6 Å². The fraction of sp³-hybridized carbons (Fsp3) is 0.625. The van der Waals surface area contributed by atoms with Crippen LogP contribution in [-0.4, -0.2) is 129 Å². The van der Waals surface area contributed by atoms with E-state index in [1.54, 1.807) is 28.5 Å². The summed E-state index contributed by atoms with van der Waals surface area (Å²) in [5.41, 5.74) is -0.230. The normalized spacial score (nSPS) is 35.9. The highest BCUT2D eigenvalue weighted by Crippen LogP contribution is 2.83. The number of aryl methyl sites for hydroxylation is 1. The van der Waals surface area contributed by atoms with Crippen molar-refractivity contribution in [2.75, 3.05) is 32.8 Å². The first-order chi connectivity index (χ1) is 35.6. The molecule has 18 nitrogen and oxygen atoms in total. The van der Waals surface area contributed by atoms with Gasteiger partial charge in [-0.15, -0.1) is 0 Å². The Labute approximate surface area is 427 Å². The molecule has 0 bridgehead atoms. The van der Waals surface area contributed by atoms with Crippen LogP contribution in [0.2, 0.25) is 0 Å². The van der Waals surface area contributed by atoms with E-state index in [1.165, 1.54) is 19.3 Å². The molecule has 390 valence electrons. The number of ether oxygens (including phenoxy) is 8. The summed E-state index contributed by atoms with van der Waals surface area (Å²) in [4.78, 5) is 92.7. The lowest BCUT2D eigenvalue weighted by Crippen LogP contribution is -2.70. The van der Waals surface area contributed by atoms with Crippen LogP contribution in [0.5, 0.6) is 5.75 Å². The molecule has 3 aliphatic carbocycles. The molecule has 2 aromatic heterocycles. The SMILES string of the molecule is CCc1c2c(nc3ccc(OC(=O)N4CCC(N5CCCCC5)CC4)cc13)-c1cc3c(c(=O)n1C2)COC(=O)C3(CC)OC(=O)CC(=O)OC1C2(C(C)C)OC2C2OC23C2(C)CCC4=C(COC4=O)C2CC2OC213. The van der Waals surface area contributed by atoms with Crippen LogP contribution in [0.3, 0.4) is 0 Å². The van der Waals surface area contributed by atoms with Crippen molar-refractivity contribution >= 4 is 40.9 Å². The summed E-state index contributed by atoms with van der Waals surface area (Å²) in [7, 11) is 0. The van der Waals surface area contributed by atoms with Crippen molar-refractivity contribution in [1.29, 1.82) is 0 Å². The van der Waals surface area contributed by atoms with Gasteiger partial charge < -0.3 is 52.3 Å². The maximum Gasteiger partial charge on any atom is 0.415 e. The molecule has 10 heterocycles. The van der Waals surface area contributed by atoms with Crippen LogP contribution in [0.4, 0.5) is 4.79 Å². The monoisotopic (exact) mass is 1010 g/mol. The molecule has 7 fully saturated rings. The average molecular weight is 1020 g/mol. The van der Waals surface area contributed by atoms with Crippen LogP contribution in [0.25, 0.3) is 22.3 Å². The number of amides is 1. The summed E-state index contributed by atoms with van der Waals surface area (Å²) >= 11 is 0. The van der Waals surface area contributed by atoms with E-state index in [4.69, 9.17) is 42.9 Å². The number of pyridine rings is 2. The second kappa shape index (κ2) is 15.9. The Bertz CT molecular complexity index is 3140. The van der Waals surface area contributed by atoms with Gasteiger partial charge in [-0.2, -0.15) is 0 Å². The first-order valence-electron chi connectivity index (χ1n) is 27.1. The Morgan fingerprint density at radius 1 is 0.905 bits per heavy atom. The summed E-state index contributed by atoms with van der Waals surface area (Å²) in [6, 6.07) is 7.59. The van der Waals surface area contributed by atoms with Gasteiger partial charge in [0.1, 0.15) is 48.8 Å². The number of hydrogen-bond acceptors (Lipinski definition) is 16. The van der Waals surface area contributed by atoms with E-state index in [0.29, 0.717) is 67.5 Å². The summed E-state index contributed by atoms with van der Waals surface area (Å²) in [5, 5.41) is 0.802. The van der Waals surface area contributed by atoms with Gasteiger partial charge >= 0.3 is 30.0 Å². The minimum atomic E-state index is -2.06. The van der Waals surface area contributed by atoms with Gasteiger partial charge in [0.15, 0.2) is 11.7 Å². The lowest BCUT2D eigenvalue weighted by Gasteiger charge is -2.53. The molecular formula is C56H62N4O14. The van der Waals surface area contributed by atoms with E-state index in [2.05, 4.69) is 11.8 Å². The number of fused-ring (bicyclic) bond motifs is 9. The quantitative estimate of drug-likeness (QED) is 0.0852. The lowest BCUT2D eigenvalue weighted by molar-refractivity contribution is -0.192. The number of carbonyl (C=O) groups is 5. The second-order valence-electron chi connectivity index (χ2n) is 23.2. The van der Waals surface area contributed by atoms with Gasteiger partial charge in [0.05, 0.1) is 35.1 Å². The third-order valence-electron chi connectivity index (χ3n) is 19.8. The van der Waals surface area contributed by atoms with Crippen molar-refractivity contribution in [3.8, 4) is 17.1 Å². The highest BCUT2D eigenvalue weighted by atomic mass is 16.8. The molecule has 10 atom stereocenters. The number of esters is 4. The predicted molar refractivity (Wildman–Crippen MR) is 259 cm³/mol. The number of piperidine rings is 2. The highest BCUT2D eigenvalue weighted by molar-refractivity contribution is 5.95. The third-order valence-corrected chi connectivity index (χ3v) is 19.8. The van der Waals surface area contributed by atoms with E-state index >= 15 is 0 Å². The molecule has 2 spiro atoms. The summed E-state index contributed by atoms with van der Waals surface area (Å²) in [6.07, 6.45) is 4.75. The van der Waals surface area contributed by atoms with Crippen LogP contribution in [0, 0.1) is 17.3 Å². The fourth-order valence-corrected chi connectivity index (χ4v) is 16.0. The van der Waals surface area contributed by atoms with Gasteiger partial charge in [0.25, 0.3) is 5.56 Å². The number of aromatic nitrogens is 2. The van der Waals surface area contributed by atoms with Crippen LogP contribution < -0.4 is 10.3 Å². The largest absolute Gasteiger partial charge is 0.458 e. The molecule has 0 radical (unpaired) electrons. The molecule has 0 N–H and O–H groups in total. The zero-order chi connectivity index (χ0) is 51.0. The van der Waals surface area contributed by atoms with Crippen molar-refractivity contribution in [3.63, 3.8) is 0 Å².